The molecule has 0 aromatic heterocycles. The van der Waals surface area contributed by atoms with Crippen LogP contribution in [-0.4, -0.2) is 38.9 Å². The highest BCUT2D eigenvalue weighted by molar-refractivity contribution is 14.1. The van der Waals surface area contributed by atoms with E-state index in [9.17, 15) is 13.2 Å². The molecular weight excluding hydrogens is 451 g/mol. The van der Waals surface area contributed by atoms with Crippen molar-refractivity contribution < 1.29 is 13.2 Å². The van der Waals surface area contributed by atoms with Gasteiger partial charge in [0, 0.05) is 16.7 Å². The van der Waals surface area contributed by atoms with Gasteiger partial charge in [0.15, 0.2) is 0 Å². The first-order valence-electron chi connectivity index (χ1n) is 8.09. The molecule has 1 heterocycles. The lowest BCUT2D eigenvalue weighted by Gasteiger charge is -2.26. The van der Waals surface area contributed by atoms with Crippen LogP contribution in [0.25, 0.3) is 0 Å². The summed E-state index contributed by atoms with van der Waals surface area (Å²) in [5.41, 5.74) is 0.497. The second-order valence-corrected chi connectivity index (χ2v) is 9.00. The molecule has 25 heavy (non-hydrogen) atoms. The molecule has 0 N–H and O–H groups in total. The molecule has 0 unspecified atom stereocenters. The van der Waals surface area contributed by atoms with Gasteiger partial charge >= 0.3 is 0 Å². The van der Waals surface area contributed by atoms with E-state index in [1.54, 1.807) is 47.4 Å². The van der Waals surface area contributed by atoms with Gasteiger partial charge in [-0.2, -0.15) is 0 Å². The number of amides is 1. The number of benzene rings is 2. The van der Waals surface area contributed by atoms with E-state index in [0.29, 0.717) is 18.8 Å². The molecular formula is C18H19IN2O3S. The third kappa shape index (κ3) is 4.14. The number of nitrogens with zero attached hydrogens (tertiary/aromatic N) is 2. The molecule has 5 nitrogen and oxygen atoms in total. The molecule has 1 saturated heterocycles. The molecule has 2 aromatic carbocycles. The van der Waals surface area contributed by atoms with E-state index in [1.807, 2.05) is 12.1 Å². The zero-order valence-corrected chi connectivity index (χ0v) is 16.6. The van der Waals surface area contributed by atoms with Gasteiger partial charge < -0.3 is 4.90 Å². The van der Waals surface area contributed by atoms with Crippen molar-refractivity contribution >= 4 is 44.2 Å². The Morgan fingerprint density at radius 3 is 2.20 bits per heavy atom. The fourth-order valence-electron chi connectivity index (χ4n) is 2.83. The Morgan fingerprint density at radius 1 is 1.00 bits per heavy atom. The number of rotatable bonds is 5. The first-order valence-corrected chi connectivity index (χ1v) is 10.6. The highest BCUT2D eigenvalue weighted by atomic mass is 127. The Hall–Kier alpha value is -1.61. The van der Waals surface area contributed by atoms with Crippen LogP contribution in [0.15, 0.2) is 59.5 Å². The molecule has 1 aliphatic rings. The number of carbonyl (C=O) groups is 1. The van der Waals surface area contributed by atoms with Gasteiger partial charge in [-0.05, 0) is 71.8 Å². The maximum atomic E-state index is 13.1. The van der Waals surface area contributed by atoms with E-state index >= 15 is 0 Å². The summed E-state index contributed by atoms with van der Waals surface area (Å²) in [6, 6.07) is 15.4. The molecule has 3 rings (SSSR count). The van der Waals surface area contributed by atoms with Crippen LogP contribution in [0.1, 0.15) is 12.8 Å². The summed E-state index contributed by atoms with van der Waals surface area (Å²) >= 11 is 2.17. The van der Waals surface area contributed by atoms with E-state index in [1.165, 1.54) is 4.31 Å². The summed E-state index contributed by atoms with van der Waals surface area (Å²) in [6.07, 6.45) is 1.95. The van der Waals surface area contributed by atoms with Crippen LogP contribution in [0, 0.1) is 3.57 Å². The van der Waals surface area contributed by atoms with Crippen molar-refractivity contribution in [3.05, 3.63) is 58.2 Å². The van der Waals surface area contributed by atoms with Crippen LogP contribution in [-0.2, 0) is 14.8 Å². The fourth-order valence-corrected chi connectivity index (χ4v) is 4.63. The molecule has 7 heteroatoms. The van der Waals surface area contributed by atoms with Crippen LogP contribution in [0.4, 0.5) is 5.69 Å². The van der Waals surface area contributed by atoms with Crippen molar-refractivity contribution in [2.45, 2.75) is 17.7 Å². The molecule has 0 aliphatic carbocycles. The molecule has 0 bridgehead atoms. The summed E-state index contributed by atoms with van der Waals surface area (Å²) in [7, 11) is -3.81. The number of hydrogen-bond donors (Lipinski definition) is 0. The SMILES string of the molecule is O=C(CN(c1ccc(I)cc1)S(=O)(=O)c1ccccc1)N1CCCC1. The van der Waals surface area contributed by atoms with Crippen molar-refractivity contribution in [2.75, 3.05) is 23.9 Å². The normalized spacial score (nSPS) is 14.5. The minimum atomic E-state index is -3.81. The highest BCUT2D eigenvalue weighted by Crippen LogP contribution is 2.25. The fraction of sp³-hybridized carbons (Fsp3) is 0.278. The van der Waals surface area contributed by atoms with Crippen LogP contribution < -0.4 is 4.31 Å². The molecule has 0 saturated carbocycles. The first kappa shape index (κ1) is 18.2. The van der Waals surface area contributed by atoms with Crippen molar-refractivity contribution in [1.29, 1.82) is 0 Å². The first-order chi connectivity index (χ1) is 12.0. The predicted molar refractivity (Wildman–Crippen MR) is 106 cm³/mol. The zero-order valence-electron chi connectivity index (χ0n) is 13.6. The highest BCUT2D eigenvalue weighted by Gasteiger charge is 2.29. The number of anilines is 1. The van der Waals surface area contributed by atoms with E-state index in [2.05, 4.69) is 22.6 Å². The van der Waals surface area contributed by atoms with Crippen LogP contribution in [0.5, 0.6) is 0 Å². The van der Waals surface area contributed by atoms with Gasteiger partial charge in [0.2, 0.25) is 5.91 Å². The van der Waals surface area contributed by atoms with Crippen molar-refractivity contribution in [3.63, 3.8) is 0 Å². The monoisotopic (exact) mass is 470 g/mol. The number of sulfonamides is 1. The van der Waals surface area contributed by atoms with Crippen molar-refractivity contribution in [3.8, 4) is 0 Å². The smallest absolute Gasteiger partial charge is 0.264 e. The molecule has 1 amide bonds. The van der Waals surface area contributed by atoms with E-state index in [-0.39, 0.29) is 17.3 Å². The van der Waals surface area contributed by atoms with Gasteiger partial charge in [0.1, 0.15) is 6.54 Å². The molecule has 1 fully saturated rings. The predicted octanol–water partition coefficient (Wildman–Crippen LogP) is 3.11. The topological polar surface area (TPSA) is 57.7 Å². The standard InChI is InChI=1S/C18H19IN2O3S/c19-15-8-10-16(11-9-15)21(14-18(22)20-12-4-5-13-20)25(23,24)17-6-2-1-3-7-17/h1-3,6-11H,4-5,12-14H2. The Morgan fingerprint density at radius 2 is 1.60 bits per heavy atom. The third-order valence-corrected chi connectivity index (χ3v) is 6.69. The van der Waals surface area contributed by atoms with Gasteiger partial charge in [-0.1, -0.05) is 18.2 Å². The third-order valence-electron chi connectivity index (χ3n) is 4.18. The lowest BCUT2D eigenvalue weighted by atomic mass is 10.3. The minimum absolute atomic E-state index is 0.157. The van der Waals surface area contributed by atoms with Gasteiger partial charge in [-0.15, -0.1) is 0 Å². The van der Waals surface area contributed by atoms with Crippen molar-refractivity contribution in [1.82, 2.24) is 4.90 Å². The molecule has 132 valence electrons. The van der Waals surface area contributed by atoms with Gasteiger partial charge in [-0.25, -0.2) is 8.42 Å². The molecule has 0 spiro atoms. The Labute approximate surface area is 161 Å². The maximum absolute atomic E-state index is 13.1. The number of carbonyl (C=O) groups excluding carboxylic acids is 1. The van der Waals surface area contributed by atoms with Crippen LogP contribution in [0.3, 0.4) is 0 Å². The van der Waals surface area contributed by atoms with Gasteiger partial charge in [-0.3, -0.25) is 9.10 Å². The molecule has 2 aromatic rings. The Balaban J connectivity index is 1.96. The lowest BCUT2D eigenvalue weighted by Crippen LogP contribution is -2.42. The number of hydrogen-bond acceptors (Lipinski definition) is 3. The second kappa shape index (κ2) is 7.74. The minimum Gasteiger partial charge on any atom is -0.341 e. The van der Waals surface area contributed by atoms with E-state index in [4.69, 9.17) is 0 Å². The molecule has 0 radical (unpaired) electrons. The summed E-state index contributed by atoms with van der Waals surface area (Å²) in [4.78, 5) is 14.5. The number of halogens is 1. The summed E-state index contributed by atoms with van der Waals surface area (Å²) < 4.78 is 28.5. The van der Waals surface area contributed by atoms with Gasteiger partial charge in [0.05, 0.1) is 10.6 Å². The average Bonchev–Trinajstić information content (AvgIpc) is 3.16. The van der Waals surface area contributed by atoms with Crippen molar-refractivity contribution in [2.24, 2.45) is 0 Å². The lowest BCUT2D eigenvalue weighted by molar-refractivity contribution is -0.128. The zero-order chi connectivity index (χ0) is 17.9. The Kier molecular flexibility index (Phi) is 5.63. The second-order valence-electron chi connectivity index (χ2n) is 5.89. The maximum Gasteiger partial charge on any atom is 0.264 e. The quantitative estimate of drug-likeness (QED) is 0.632. The number of likely N-dealkylation sites (tertiary alicyclic amines) is 1. The summed E-state index contributed by atoms with van der Waals surface area (Å²) in [5, 5.41) is 0. The van der Waals surface area contributed by atoms with Crippen LogP contribution >= 0.6 is 22.6 Å². The van der Waals surface area contributed by atoms with E-state index < -0.39 is 10.0 Å². The Bertz CT molecular complexity index is 832. The summed E-state index contributed by atoms with van der Waals surface area (Å²) in [6.45, 7) is 1.22. The summed E-state index contributed by atoms with van der Waals surface area (Å²) in [5.74, 6) is -0.157. The largest absolute Gasteiger partial charge is 0.341 e. The van der Waals surface area contributed by atoms with Gasteiger partial charge in [0.25, 0.3) is 10.0 Å². The molecule has 0 atom stereocenters. The molecule has 1 aliphatic heterocycles. The average molecular weight is 470 g/mol. The van der Waals surface area contributed by atoms with E-state index in [0.717, 1.165) is 16.4 Å². The van der Waals surface area contributed by atoms with Crippen LogP contribution in [0.2, 0.25) is 0 Å².